The van der Waals surface area contributed by atoms with Crippen LogP contribution in [0.25, 0.3) is 5.69 Å². The van der Waals surface area contributed by atoms with Crippen molar-refractivity contribution < 1.29 is 18.7 Å². The van der Waals surface area contributed by atoms with E-state index < -0.39 is 5.91 Å². The van der Waals surface area contributed by atoms with Crippen molar-refractivity contribution >= 4 is 23.3 Å². The van der Waals surface area contributed by atoms with Gasteiger partial charge in [-0.1, -0.05) is 17.7 Å². The number of ether oxygens (including phenoxy) is 1. The Kier molecular flexibility index (Phi) is 5.51. The number of hydrogen-bond donors (Lipinski definition) is 1. The summed E-state index contributed by atoms with van der Waals surface area (Å²) < 4.78 is 20.9. The monoisotopic (exact) mass is 400 g/mol. The molecular weight excluding hydrogens is 383 g/mol. The second-order valence-corrected chi connectivity index (χ2v) is 6.75. The highest BCUT2D eigenvalue weighted by molar-refractivity contribution is 6.31. The van der Waals surface area contributed by atoms with Gasteiger partial charge in [0.2, 0.25) is 5.78 Å². The SMILES string of the molecule is Cc1cc(C(=O)COc2ccc(Cl)cc2C(N)=O)c(C)n1-c1cccc(F)c1. The van der Waals surface area contributed by atoms with Gasteiger partial charge in [0, 0.05) is 27.7 Å². The Balaban J connectivity index is 1.85. The minimum absolute atomic E-state index is 0.102. The summed E-state index contributed by atoms with van der Waals surface area (Å²) in [4.78, 5) is 24.2. The molecule has 0 atom stereocenters. The summed E-state index contributed by atoms with van der Waals surface area (Å²) in [7, 11) is 0. The van der Waals surface area contributed by atoms with E-state index in [9.17, 15) is 14.0 Å². The molecule has 0 saturated carbocycles. The molecule has 0 radical (unpaired) electrons. The number of primary amides is 1. The van der Waals surface area contributed by atoms with E-state index in [0.717, 1.165) is 5.69 Å². The minimum atomic E-state index is -0.700. The largest absolute Gasteiger partial charge is 0.485 e. The van der Waals surface area contributed by atoms with E-state index in [-0.39, 0.29) is 29.5 Å². The zero-order valence-electron chi connectivity index (χ0n) is 15.3. The number of nitrogens with zero attached hydrogens (tertiary/aromatic N) is 1. The fourth-order valence-electron chi connectivity index (χ4n) is 3.10. The standard InChI is InChI=1S/C21H18ClFN2O3/c1-12-8-17(13(2)25(12)16-5-3-4-15(23)10-16)19(26)11-28-20-7-6-14(22)9-18(20)21(24)27/h3-10H,11H2,1-2H3,(H2,24,27). The molecule has 0 spiro atoms. The molecule has 0 aliphatic rings. The normalized spacial score (nSPS) is 10.7. The predicted octanol–water partition coefficient (Wildman–Crippen LogP) is 4.25. The van der Waals surface area contributed by atoms with E-state index in [1.54, 1.807) is 35.8 Å². The zero-order valence-corrected chi connectivity index (χ0v) is 16.1. The number of nitrogens with two attached hydrogens (primary N) is 1. The summed E-state index contributed by atoms with van der Waals surface area (Å²) in [6.07, 6.45) is 0. The van der Waals surface area contributed by atoms with E-state index in [0.29, 0.717) is 22.0 Å². The van der Waals surface area contributed by atoms with Gasteiger partial charge in [0.05, 0.1) is 5.56 Å². The number of Topliss-reactive ketones (excluding diaryl/α,β-unsaturated/α-hetero) is 1. The van der Waals surface area contributed by atoms with Gasteiger partial charge in [-0.2, -0.15) is 0 Å². The summed E-state index contributed by atoms with van der Waals surface area (Å²) in [6, 6.07) is 12.3. The first-order valence-electron chi connectivity index (χ1n) is 8.48. The Morgan fingerprint density at radius 2 is 1.86 bits per heavy atom. The predicted molar refractivity (Wildman–Crippen MR) is 105 cm³/mol. The number of aromatic nitrogens is 1. The second kappa shape index (κ2) is 7.86. The first-order valence-corrected chi connectivity index (χ1v) is 8.86. The number of rotatable bonds is 6. The quantitative estimate of drug-likeness (QED) is 0.628. The van der Waals surface area contributed by atoms with Crippen LogP contribution in [-0.4, -0.2) is 22.9 Å². The number of carbonyl (C=O) groups excluding carboxylic acids is 2. The molecule has 1 amide bonds. The van der Waals surface area contributed by atoms with Gasteiger partial charge in [0.1, 0.15) is 11.6 Å². The molecule has 3 rings (SSSR count). The van der Waals surface area contributed by atoms with Crippen molar-refractivity contribution in [3.05, 3.63) is 81.9 Å². The highest BCUT2D eigenvalue weighted by atomic mass is 35.5. The number of benzene rings is 2. The van der Waals surface area contributed by atoms with E-state index in [4.69, 9.17) is 22.1 Å². The molecule has 2 aromatic carbocycles. The molecule has 3 aromatic rings. The molecule has 0 saturated heterocycles. The van der Waals surface area contributed by atoms with Crippen molar-refractivity contribution in [2.45, 2.75) is 13.8 Å². The summed E-state index contributed by atoms with van der Waals surface area (Å²) in [6.45, 7) is 3.33. The minimum Gasteiger partial charge on any atom is -0.485 e. The lowest BCUT2D eigenvalue weighted by atomic mass is 10.1. The van der Waals surface area contributed by atoms with Crippen molar-refractivity contribution in [2.75, 3.05) is 6.61 Å². The fraction of sp³-hybridized carbons (Fsp3) is 0.143. The molecule has 0 aliphatic heterocycles. The Labute approximate surface area is 166 Å². The Hall–Kier alpha value is -3.12. The molecule has 1 heterocycles. The van der Waals surface area contributed by atoms with Crippen molar-refractivity contribution in [1.82, 2.24) is 4.57 Å². The molecule has 1 aromatic heterocycles. The molecule has 0 bridgehead atoms. The van der Waals surface area contributed by atoms with Crippen LogP contribution < -0.4 is 10.5 Å². The second-order valence-electron chi connectivity index (χ2n) is 6.32. The molecule has 2 N–H and O–H groups in total. The van der Waals surface area contributed by atoms with Crippen LogP contribution in [0.4, 0.5) is 4.39 Å². The maximum Gasteiger partial charge on any atom is 0.252 e. The molecule has 144 valence electrons. The van der Waals surface area contributed by atoms with Gasteiger partial charge in [-0.05, 0) is 56.3 Å². The summed E-state index contributed by atoms with van der Waals surface area (Å²) in [5, 5.41) is 0.339. The van der Waals surface area contributed by atoms with Crippen LogP contribution in [0.1, 0.15) is 32.1 Å². The average molecular weight is 401 g/mol. The maximum absolute atomic E-state index is 13.6. The zero-order chi connectivity index (χ0) is 20.4. The molecule has 5 nitrogen and oxygen atoms in total. The van der Waals surface area contributed by atoms with Crippen LogP contribution in [-0.2, 0) is 0 Å². The van der Waals surface area contributed by atoms with E-state index >= 15 is 0 Å². The molecule has 0 aliphatic carbocycles. The molecule has 0 fully saturated rings. The summed E-state index contributed by atoms with van der Waals surface area (Å²) in [5.41, 5.74) is 7.97. The lowest BCUT2D eigenvalue weighted by Gasteiger charge is -2.11. The van der Waals surface area contributed by atoms with Crippen LogP contribution in [0.3, 0.4) is 0 Å². The van der Waals surface area contributed by atoms with Crippen molar-refractivity contribution in [1.29, 1.82) is 0 Å². The number of hydrogen-bond acceptors (Lipinski definition) is 3. The number of carbonyl (C=O) groups is 2. The van der Waals surface area contributed by atoms with Crippen molar-refractivity contribution in [2.24, 2.45) is 5.73 Å². The number of halogens is 2. The third-order valence-corrected chi connectivity index (χ3v) is 4.60. The first-order chi connectivity index (χ1) is 13.3. The smallest absolute Gasteiger partial charge is 0.252 e. The molecule has 28 heavy (non-hydrogen) atoms. The highest BCUT2D eigenvalue weighted by Crippen LogP contribution is 2.24. The maximum atomic E-state index is 13.6. The van der Waals surface area contributed by atoms with Gasteiger partial charge < -0.3 is 15.0 Å². The van der Waals surface area contributed by atoms with Gasteiger partial charge in [-0.3, -0.25) is 9.59 Å². The molecule has 0 unspecified atom stereocenters. The average Bonchev–Trinajstić information content (AvgIpc) is 2.94. The summed E-state index contributed by atoms with van der Waals surface area (Å²) >= 11 is 5.87. The van der Waals surface area contributed by atoms with Gasteiger partial charge in [0.15, 0.2) is 6.61 Å². The summed E-state index contributed by atoms with van der Waals surface area (Å²) in [5.74, 6) is -1.15. The van der Waals surface area contributed by atoms with Gasteiger partial charge in [-0.15, -0.1) is 0 Å². The number of aryl methyl sites for hydroxylation is 1. The van der Waals surface area contributed by atoms with Crippen LogP contribution in [0.5, 0.6) is 5.75 Å². The van der Waals surface area contributed by atoms with Gasteiger partial charge in [0.25, 0.3) is 5.91 Å². The molecular formula is C21H18ClFN2O3. The topological polar surface area (TPSA) is 74.3 Å². The van der Waals surface area contributed by atoms with Crippen LogP contribution >= 0.6 is 11.6 Å². The van der Waals surface area contributed by atoms with Crippen LogP contribution in [0.2, 0.25) is 5.02 Å². The van der Waals surface area contributed by atoms with Crippen LogP contribution in [0, 0.1) is 19.7 Å². The lowest BCUT2D eigenvalue weighted by Crippen LogP contribution is -2.17. The highest BCUT2D eigenvalue weighted by Gasteiger charge is 2.19. The van der Waals surface area contributed by atoms with Crippen LogP contribution in [0.15, 0.2) is 48.5 Å². The third-order valence-electron chi connectivity index (χ3n) is 4.36. The van der Waals surface area contributed by atoms with Crippen molar-refractivity contribution in [3.63, 3.8) is 0 Å². The third kappa shape index (κ3) is 3.92. The number of ketones is 1. The number of amides is 1. The fourth-order valence-corrected chi connectivity index (χ4v) is 3.27. The van der Waals surface area contributed by atoms with E-state index in [1.807, 2.05) is 6.92 Å². The van der Waals surface area contributed by atoms with E-state index in [2.05, 4.69) is 0 Å². The first kappa shape index (κ1) is 19.6. The van der Waals surface area contributed by atoms with E-state index in [1.165, 1.54) is 24.3 Å². The lowest BCUT2D eigenvalue weighted by molar-refractivity contribution is 0.0911. The Bertz CT molecular complexity index is 1080. The molecule has 7 heteroatoms. The Morgan fingerprint density at radius 1 is 1.11 bits per heavy atom. The van der Waals surface area contributed by atoms with Gasteiger partial charge in [-0.25, -0.2) is 4.39 Å². The van der Waals surface area contributed by atoms with Crippen molar-refractivity contribution in [3.8, 4) is 11.4 Å². The Morgan fingerprint density at radius 3 is 2.54 bits per heavy atom. The van der Waals surface area contributed by atoms with Gasteiger partial charge >= 0.3 is 0 Å².